The van der Waals surface area contributed by atoms with Gasteiger partial charge in [0.1, 0.15) is 0 Å². The number of carbonyl (C=O) groups excluding carboxylic acids is 2. The Kier molecular flexibility index (Phi) is 6.31. The van der Waals surface area contributed by atoms with Crippen molar-refractivity contribution in [2.75, 3.05) is 13.1 Å². The van der Waals surface area contributed by atoms with Crippen LogP contribution in [-0.2, 0) is 16.0 Å². The summed E-state index contributed by atoms with van der Waals surface area (Å²) < 4.78 is 1.72. The highest BCUT2D eigenvalue weighted by Gasteiger charge is 2.32. The van der Waals surface area contributed by atoms with Crippen LogP contribution in [0.25, 0.3) is 16.9 Å². The molecule has 1 saturated heterocycles. The molecule has 0 bridgehead atoms. The molecule has 180 valence electrons. The fraction of sp³-hybridized carbons (Fsp3) is 0.346. The average molecular weight is 474 g/mol. The molecule has 2 fully saturated rings. The number of rotatable bonds is 7. The number of aromatic nitrogens is 2. The van der Waals surface area contributed by atoms with Crippen LogP contribution >= 0.6 is 0 Å². The Labute approximate surface area is 202 Å². The van der Waals surface area contributed by atoms with E-state index in [0.29, 0.717) is 30.4 Å². The molecule has 9 nitrogen and oxygen atoms in total. The first-order valence-electron chi connectivity index (χ1n) is 11.9. The van der Waals surface area contributed by atoms with Crippen molar-refractivity contribution in [2.24, 2.45) is 5.92 Å². The summed E-state index contributed by atoms with van der Waals surface area (Å²) >= 11 is 0. The van der Waals surface area contributed by atoms with Crippen molar-refractivity contribution in [2.45, 2.75) is 38.1 Å². The van der Waals surface area contributed by atoms with Crippen LogP contribution in [-0.4, -0.2) is 50.5 Å². The summed E-state index contributed by atoms with van der Waals surface area (Å²) in [4.78, 5) is 38.3. The van der Waals surface area contributed by atoms with Crippen molar-refractivity contribution >= 4 is 17.5 Å². The normalized spacial score (nSPS) is 17.7. The summed E-state index contributed by atoms with van der Waals surface area (Å²) in [5.41, 5.74) is 2.89. The van der Waals surface area contributed by atoms with E-state index in [9.17, 15) is 19.7 Å². The van der Waals surface area contributed by atoms with Gasteiger partial charge in [-0.1, -0.05) is 18.2 Å². The maximum absolute atomic E-state index is 13.3. The number of non-ortho nitro benzene ring substituents is 1. The van der Waals surface area contributed by atoms with Crippen molar-refractivity contribution < 1.29 is 14.5 Å². The van der Waals surface area contributed by atoms with E-state index in [-0.39, 0.29) is 29.8 Å². The predicted octanol–water partition coefficient (Wildman–Crippen LogP) is 3.51. The minimum Gasteiger partial charge on any atom is -0.353 e. The van der Waals surface area contributed by atoms with E-state index in [4.69, 9.17) is 5.10 Å². The monoisotopic (exact) mass is 473 g/mol. The Balaban J connectivity index is 1.38. The molecule has 9 heteroatoms. The Morgan fingerprint density at radius 1 is 1.06 bits per heavy atom. The van der Waals surface area contributed by atoms with Crippen molar-refractivity contribution in [3.8, 4) is 16.9 Å². The lowest BCUT2D eigenvalue weighted by Gasteiger charge is -2.32. The van der Waals surface area contributed by atoms with Gasteiger partial charge < -0.3 is 10.2 Å². The van der Waals surface area contributed by atoms with Gasteiger partial charge in [-0.3, -0.25) is 19.7 Å². The minimum atomic E-state index is -0.442. The molecule has 1 aliphatic carbocycles. The Bertz CT molecular complexity index is 1230. The highest BCUT2D eigenvalue weighted by molar-refractivity contribution is 5.84. The first-order chi connectivity index (χ1) is 17.0. The number of nitro benzene ring substituents is 1. The zero-order valence-corrected chi connectivity index (χ0v) is 19.3. The first kappa shape index (κ1) is 22.8. The summed E-state index contributed by atoms with van der Waals surface area (Å²) in [6, 6.07) is 16.1. The summed E-state index contributed by atoms with van der Waals surface area (Å²) in [5.74, 6) is -0.173. The van der Waals surface area contributed by atoms with Crippen molar-refractivity contribution in [3.63, 3.8) is 0 Å². The predicted molar refractivity (Wildman–Crippen MR) is 130 cm³/mol. The Morgan fingerprint density at radius 2 is 1.80 bits per heavy atom. The standard InChI is InChI=1S/C26H27N5O4/c32-24(29-14-4-5-19(16-29)26(33)27-21-10-11-21)15-20-17-30(22-6-2-1-3-7-22)28-25(20)18-8-12-23(13-9-18)31(34)35/h1-3,6-9,12-13,17,19,21H,4-5,10-11,14-16H2,(H,27,33). The SMILES string of the molecule is O=C(NC1CC1)C1CCCN(C(=O)Cc2cn(-c3ccccc3)nc2-c2ccc([N+](=O)[O-])cc2)C1. The first-order valence-corrected chi connectivity index (χ1v) is 11.9. The lowest BCUT2D eigenvalue weighted by molar-refractivity contribution is -0.384. The van der Waals surface area contributed by atoms with Crippen LogP contribution in [0, 0.1) is 16.0 Å². The molecule has 2 aliphatic rings. The molecule has 35 heavy (non-hydrogen) atoms. The highest BCUT2D eigenvalue weighted by Crippen LogP contribution is 2.28. The van der Waals surface area contributed by atoms with Gasteiger partial charge in [0.2, 0.25) is 11.8 Å². The van der Waals surface area contributed by atoms with Crippen molar-refractivity contribution in [1.82, 2.24) is 20.0 Å². The number of likely N-dealkylation sites (tertiary alicyclic amines) is 1. The van der Waals surface area contributed by atoms with Gasteiger partial charge in [-0.25, -0.2) is 4.68 Å². The van der Waals surface area contributed by atoms with Gasteiger partial charge in [0.25, 0.3) is 5.69 Å². The van der Waals surface area contributed by atoms with Gasteiger partial charge in [-0.15, -0.1) is 0 Å². The van der Waals surface area contributed by atoms with Gasteiger partial charge in [-0.05, 0) is 49.9 Å². The molecule has 1 aromatic heterocycles. The van der Waals surface area contributed by atoms with Gasteiger partial charge in [-0.2, -0.15) is 5.10 Å². The van der Waals surface area contributed by atoms with E-state index < -0.39 is 4.92 Å². The number of nitrogens with zero attached hydrogens (tertiary/aromatic N) is 4. The van der Waals surface area contributed by atoms with E-state index in [1.807, 2.05) is 36.5 Å². The molecule has 3 aromatic rings. The molecule has 1 saturated carbocycles. The van der Waals surface area contributed by atoms with Crippen molar-refractivity contribution in [1.29, 1.82) is 0 Å². The van der Waals surface area contributed by atoms with E-state index in [2.05, 4.69) is 5.32 Å². The largest absolute Gasteiger partial charge is 0.353 e. The van der Waals surface area contributed by atoms with Crippen LogP contribution < -0.4 is 5.32 Å². The summed E-state index contributed by atoms with van der Waals surface area (Å²) in [6.45, 7) is 1.06. The van der Waals surface area contributed by atoms with Crippen molar-refractivity contribution in [3.05, 3.63) is 76.5 Å². The van der Waals surface area contributed by atoms with Crippen LogP contribution in [0.1, 0.15) is 31.2 Å². The number of para-hydroxylation sites is 1. The molecule has 2 heterocycles. The van der Waals surface area contributed by atoms with Crippen LogP contribution in [0.15, 0.2) is 60.8 Å². The number of nitrogens with one attached hydrogen (secondary N) is 1. The molecule has 1 N–H and O–H groups in total. The maximum atomic E-state index is 13.3. The molecule has 0 radical (unpaired) electrons. The zero-order valence-electron chi connectivity index (χ0n) is 19.3. The third kappa shape index (κ3) is 5.24. The third-order valence-electron chi connectivity index (χ3n) is 6.57. The molecule has 1 atom stereocenters. The number of hydrogen-bond acceptors (Lipinski definition) is 5. The van der Waals surface area contributed by atoms with Crippen LogP contribution in [0.4, 0.5) is 5.69 Å². The number of benzene rings is 2. The molecule has 1 unspecified atom stereocenters. The fourth-order valence-corrected chi connectivity index (χ4v) is 4.48. The third-order valence-corrected chi connectivity index (χ3v) is 6.57. The van der Waals surface area contributed by atoms with E-state index in [1.165, 1.54) is 12.1 Å². The molecular formula is C26H27N5O4. The minimum absolute atomic E-state index is 0.00213. The van der Waals surface area contributed by atoms with E-state index in [0.717, 1.165) is 36.9 Å². The number of hydrogen-bond donors (Lipinski definition) is 1. The zero-order chi connectivity index (χ0) is 24.4. The number of nitro groups is 1. The van der Waals surface area contributed by atoms with Crippen LogP contribution in [0.3, 0.4) is 0 Å². The second-order valence-corrected chi connectivity index (χ2v) is 9.23. The highest BCUT2D eigenvalue weighted by atomic mass is 16.6. The van der Waals surface area contributed by atoms with Crippen LogP contribution in [0.2, 0.25) is 0 Å². The molecule has 1 aliphatic heterocycles. The summed E-state index contributed by atoms with van der Waals surface area (Å²) in [7, 11) is 0. The lowest BCUT2D eigenvalue weighted by atomic mass is 9.96. The van der Waals surface area contributed by atoms with Gasteiger partial charge in [0.05, 0.1) is 28.6 Å². The molecule has 2 aromatic carbocycles. The summed E-state index contributed by atoms with van der Waals surface area (Å²) in [6.07, 6.45) is 5.65. The fourth-order valence-electron chi connectivity index (χ4n) is 4.48. The smallest absolute Gasteiger partial charge is 0.269 e. The Hall–Kier alpha value is -4.01. The number of amides is 2. The topological polar surface area (TPSA) is 110 Å². The molecular weight excluding hydrogens is 446 g/mol. The lowest BCUT2D eigenvalue weighted by Crippen LogP contribution is -2.46. The van der Waals surface area contributed by atoms with Gasteiger partial charge >= 0.3 is 0 Å². The van der Waals surface area contributed by atoms with Crippen LogP contribution in [0.5, 0.6) is 0 Å². The maximum Gasteiger partial charge on any atom is 0.269 e. The molecule has 5 rings (SSSR count). The quantitative estimate of drug-likeness (QED) is 0.417. The van der Waals surface area contributed by atoms with Gasteiger partial charge in [0, 0.05) is 48.6 Å². The second-order valence-electron chi connectivity index (χ2n) is 9.23. The van der Waals surface area contributed by atoms with Gasteiger partial charge in [0.15, 0.2) is 0 Å². The number of carbonyl (C=O) groups is 2. The van der Waals surface area contributed by atoms with E-state index >= 15 is 0 Å². The molecule has 2 amide bonds. The number of piperidine rings is 1. The molecule has 0 spiro atoms. The van der Waals surface area contributed by atoms with E-state index in [1.54, 1.807) is 21.7 Å². The Morgan fingerprint density at radius 3 is 2.49 bits per heavy atom. The average Bonchev–Trinajstić information content (AvgIpc) is 3.61. The second kappa shape index (κ2) is 9.69. The summed E-state index contributed by atoms with van der Waals surface area (Å²) in [5, 5.41) is 18.8.